The molecule has 0 spiro atoms. The molecule has 0 saturated carbocycles. The van der Waals surface area contributed by atoms with Gasteiger partial charge >= 0.3 is 0 Å². The summed E-state index contributed by atoms with van der Waals surface area (Å²) in [4.78, 5) is 0. The quantitative estimate of drug-likeness (QED) is 0.309. The third-order valence-corrected chi connectivity index (χ3v) is 6.38. The van der Waals surface area contributed by atoms with E-state index in [-0.39, 0.29) is 0 Å². The summed E-state index contributed by atoms with van der Waals surface area (Å²) in [6.07, 6.45) is 0. The Bertz CT molecular complexity index is 1490. The summed E-state index contributed by atoms with van der Waals surface area (Å²) < 4.78 is 8.62. The molecule has 6 rings (SSSR count). The first kappa shape index (κ1) is 15.1. The fourth-order valence-corrected chi connectivity index (χ4v) is 5.17. The highest BCUT2D eigenvalue weighted by Crippen LogP contribution is 2.41. The van der Waals surface area contributed by atoms with Crippen molar-refractivity contribution in [2.24, 2.45) is 0 Å². The maximum Gasteiger partial charge on any atom is 0.135 e. The molecule has 0 aliphatic rings. The molecule has 0 saturated heterocycles. The number of benzene rings is 4. The first-order valence-electron chi connectivity index (χ1n) is 8.91. The van der Waals surface area contributed by atoms with Crippen LogP contribution in [-0.2, 0) is 0 Å². The Morgan fingerprint density at radius 2 is 1.52 bits per heavy atom. The van der Waals surface area contributed by atoms with Gasteiger partial charge in [-0.3, -0.25) is 0 Å². The summed E-state index contributed by atoms with van der Waals surface area (Å²) in [6, 6.07) is 27.4. The topological polar surface area (TPSA) is 13.1 Å². The van der Waals surface area contributed by atoms with Crippen LogP contribution in [0.4, 0.5) is 0 Å². The van der Waals surface area contributed by atoms with Crippen molar-refractivity contribution in [1.82, 2.24) is 0 Å². The average Bonchev–Trinajstić information content (AvgIpc) is 3.26. The molecule has 0 atom stereocenters. The van der Waals surface area contributed by atoms with Gasteiger partial charge in [-0.2, -0.15) is 0 Å². The molecule has 4 aromatic carbocycles. The molecule has 0 aliphatic heterocycles. The summed E-state index contributed by atoms with van der Waals surface area (Å²) in [7, 11) is 6.25. The first-order chi connectivity index (χ1) is 13.3. The molecule has 2 aromatic heterocycles. The van der Waals surface area contributed by atoms with E-state index in [4.69, 9.17) is 12.3 Å². The minimum atomic E-state index is 0.752. The van der Waals surface area contributed by atoms with Gasteiger partial charge in [-0.05, 0) is 41.5 Å². The molecular weight excluding hydrogens is 347 g/mol. The van der Waals surface area contributed by atoms with E-state index in [1.54, 1.807) is 0 Å². The number of thiophene rings is 1. The lowest BCUT2D eigenvalue weighted by atomic mass is 9.90. The van der Waals surface area contributed by atoms with Crippen LogP contribution in [0.2, 0.25) is 0 Å². The van der Waals surface area contributed by atoms with Crippen molar-refractivity contribution in [3.63, 3.8) is 0 Å². The first-order valence-corrected chi connectivity index (χ1v) is 9.73. The van der Waals surface area contributed by atoms with Crippen molar-refractivity contribution >= 4 is 66.8 Å². The van der Waals surface area contributed by atoms with E-state index in [1.165, 1.54) is 31.3 Å². The Labute approximate surface area is 161 Å². The SMILES string of the molecule is [B]c1cccc2oc3ccc(-c4cccc5sc6ccccc6c45)cc3c12. The number of fused-ring (bicyclic) bond motifs is 6. The zero-order chi connectivity index (χ0) is 18.0. The van der Waals surface area contributed by atoms with Gasteiger partial charge in [0.2, 0.25) is 0 Å². The highest BCUT2D eigenvalue weighted by molar-refractivity contribution is 7.25. The third-order valence-electron chi connectivity index (χ3n) is 5.24. The standard InChI is InChI=1S/C24H13BOS/c25-18-7-4-8-20-24(18)17-13-14(11-12-19(17)26-20)15-6-3-10-22-23(15)16-5-1-2-9-21(16)27-22/h1-13H. The molecule has 124 valence electrons. The third kappa shape index (κ3) is 2.12. The van der Waals surface area contributed by atoms with Crippen LogP contribution in [0.5, 0.6) is 0 Å². The zero-order valence-electron chi connectivity index (χ0n) is 14.4. The molecule has 27 heavy (non-hydrogen) atoms. The number of rotatable bonds is 1. The van der Waals surface area contributed by atoms with Crippen molar-refractivity contribution < 1.29 is 4.42 Å². The van der Waals surface area contributed by atoms with E-state index in [9.17, 15) is 0 Å². The van der Waals surface area contributed by atoms with Crippen LogP contribution >= 0.6 is 11.3 Å². The Morgan fingerprint density at radius 3 is 2.48 bits per heavy atom. The highest BCUT2D eigenvalue weighted by atomic mass is 32.1. The van der Waals surface area contributed by atoms with Crippen LogP contribution < -0.4 is 5.46 Å². The van der Waals surface area contributed by atoms with Crippen molar-refractivity contribution in [2.45, 2.75) is 0 Å². The molecular formula is C24H13BOS. The Balaban J connectivity index is 1.72. The second-order valence-corrected chi connectivity index (χ2v) is 7.89. The molecule has 0 unspecified atom stereocenters. The molecule has 0 N–H and O–H groups in total. The van der Waals surface area contributed by atoms with Crippen molar-refractivity contribution in [2.75, 3.05) is 0 Å². The Hall–Kier alpha value is -3.04. The number of hydrogen-bond acceptors (Lipinski definition) is 2. The van der Waals surface area contributed by atoms with E-state index >= 15 is 0 Å². The van der Waals surface area contributed by atoms with E-state index in [0.717, 1.165) is 27.4 Å². The van der Waals surface area contributed by atoms with Gasteiger partial charge in [0.1, 0.15) is 19.0 Å². The van der Waals surface area contributed by atoms with Gasteiger partial charge in [0.05, 0.1) is 0 Å². The molecule has 0 aliphatic carbocycles. The molecule has 0 bridgehead atoms. The fourth-order valence-electron chi connectivity index (χ4n) is 4.04. The molecule has 1 nitrogen and oxygen atoms in total. The van der Waals surface area contributed by atoms with Crippen LogP contribution in [0, 0.1) is 0 Å². The summed E-state index contributed by atoms with van der Waals surface area (Å²) >= 11 is 1.84. The second-order valence-electron chi connectivity index (χ2n) is 6.81. The van der Waals surface area contributed by atoms with Gasteiger partial charge in [-0.25, -0.2) is 0 Å². The lowest BCUT2D eigenvalue weighted by Gasteiger charge is -2.05. The van der Waals surface area contributed by atoms with Gasteiger partial charge in [-0.1, -0.05) is 54.0 Å². The lowest BCUT2D eigenvalue weighted by molar-refractivity contribution is 0.669. The van der Waals surface area contributed by atoms with Gasteiger partial charge in [-0.15, -0.1) is 11.3 Å². The second kappa shape index (κ2) is 5.48. The molecule has 0 fully saturated rings. The van der Waals surface area contributed by atoms with E-state index in [1.807, 2.05) is 29.5 Å². The van der Waals surface area contributed by atoms with E-state index in [2.05, 4.69) is 60.7 Å². The van der Waals surface area contributed by atoms with Gasteiger partial charge in [0.15, 0.2) is 0 Å². The minimum Gasteiger partial charge on any atom is -0.456 e. The molecule has 2 heterocycles. The van der Waals surface area contributed by atoms with Crippen molar-refractivity contribution in [1.29, 1.82) is 0 Å². The Kier molecular flexibility index (Phi) is 3.06. The maximum absolute atomic E-state index is 6.25. The lowest BCUT2D eigenvalue weighted by Crippen LogP contribution is -2.01. The molecule has 0 amide bonds. The monoisotopic (exact) mass is 360 g/mol. The molecule has 3 heteroatoms. The minimum absolute atomic E-state index is 0.752. The normalized spacial score (nSPS) is 11.9. The number of furan rings is 1. The van der Waals surface area contributed by atoms with E-state index in [0.29, 0.717) is 0 Å². The highest BCUT2D eigenvalue weighted by Gasteiger charge is 2.13. The Morgan fingerprint density at radius 1 is 0.667 bits per heavy atom. The van der Waals surface area contributed by atoms with Crippen LogP contribution in [-0.4, -0.2) is 7.85 Å². The average molecular weight is 360 g/mol. The fraction of sp³-hybridized carbons (Fsp3) is 0. The smallest absolute Gasteiger partial charge is 0.135 e. The van der Waals surface area contributed by atoms with Crippen molar-refractivity contribution in [3.8, 4) is 11.1 Å². The van der Waals surface area contributed by atoms with E-state index < -0.39 is 0 Å². The summed E-state index contributed by atoms with van der Waals surface area (Å²) in [5.74, 6) is 0. The molecule has 6 aromatic rings. The van der Waals surface area contributed by atoms with Crippen LogP contribution in [0.15, 0.2) is 83.3 Å². The van der Waals surface area contributed by atoms with Gasteiger partial charge < -0.3 is 4.42 Å². The predicted molar refractivity (Wildman–Crippen MR) is 117 cm³/mol. The largest absolute Gasteiger partial charge is 0.456 e. The van der Waals surface area contributed by atoms with Crippen molar-refractivity contribution in [3.05, 3.63) is 78.9 Å². The number of hydrogen-bond donors (Lipinski definition) is 0. The maximum atomic E-state index is 6.25. The summed E-state index contributed by atoms with van der Waals surface area (Å²) in [5.41, 5.74) is 4.89. The van der Waals surface area contributed by atoms with Gasteiger partial charge in [0.25, 0.3) is 0 Å². The van der Waals surface area contributed by atoms with Crippen LogP contribution in [0.25, 0.3) is 53.2 Å². The predicted octanol–water partition coefficient (Wildman–Crippen LogP) is 6.41. The van der Waals surface area contributed by atoms with Crippen LogP contribution in [0.1, 0.15) is 0 Å². The summed E-state index contributed by atoms with van der Waals surface area (Å²) in [5, 5.41) is 4.69. The zero-order valence-corrected chi connectivity index (χ0v) is 15.2. The summed E-state index contributed by atoms with van der Waals surface area (Å²) in [6.45, 7) is 0. The van der Waals surface area contributed by atoms with Crippen LogP contribution in [0.3, 0.4) is 0 Å². The molecule has 2 radical (unpaired) electrons. The van der Waals surface area contributed by atoms with Gasteiger partial charge in [0, 0.05) is 30.9 Å².